The van der Waals surface area contributed by atoms with E-state index in [0.29, 0.717) is 10.6 Å². The predicted octanol–water partition coefficient (Wildman–Crippen LogP) is 3.44. The summed E-state index contributed by atoms with van der Waals surface area (Å²) in [6.45, 7) is 0. The van der Waals surface area contributed by atoms with E-state index in [0.717, 1.165) is 12.8 Å². The van der Waals surface area contributed by atoms with E-state index in [9.17, 15) is 4.79 Å². The van der Waals surface area contributed by atoms with E-state index in [1.54, 1.807) is 24.3 Å². The maximum atomic E-state index is 11.6. The molecular weight excluding hydrogens is 212 g/mol. The molecule has 15 heavy (non-hydrogen) atoms. The Labute approximate surface area is 94.2 Å². The largest absolute Gasteiger partial charge is 0.459 e. The van der Waals surface area contributed by atoms with Gasteiger partial charge in [0.05, 0.1) is 5.56 Å². The number of hydrogen-bond donors (Lipinski definition) is 0. The molecular formula is C12H13ClO2. The van der Waals surface area contributed by atoms with Gasteiger partial charge in [0.2, 0.25) is 0 Å². The summed E-state index contributed by atoms with van der Waals surface area (Å²) >= 11 is 5.73. The Hall–Kier alpha value is -1.02. The molecule has 2 rings (SSSR count). The fourth-order valence-corrected chi connectivity index (χ4v) is 1.94. The van der Waals surface area contributed by atoms with Gasteiger partial charge >= 0.3 is 5.97 Å². The van der Waals surface area contributed by atoms with E-state index in [2.05, 4.69) is 0 Å². The van der Waals surface area contributed by atoms with Crippen LogP contribution in [0.15, 0.2) is 24.3 Å². The minimum absolute atomic E-state index is 0.119. The highest BCUT2D eigenvalue weighted by Gasteiger charge is 2.19. The van der Waals surface area contributed by atoms with Crippen LogP contribution in [0.1, 0.15) is 36.0 Å². The van der Waals surface area contributed by atoms with E-state index >= 15 is 0 Å². The van der Waals surface area contributed by atoms with E-state index in [1.807, 2.05) is 0 Å². The number of esters is 1. The first-order valence-corrected chi connectivity index (χ1v) is 5.60. The van der Waals surface area contributed by atoms with E-state index in [1.165, 1.54) is 12.8 Å². The molecule has 1 saturated carbocycles. The van der Waals surface area contributed by atoms with Gasteiger partial charge in [0.15, 0.2) is 0 Å². The van der Waals surface area contributed by atoms with Crippen LogP contribution >= 0.6 is 11.6 Å². The highest BCUT2D eigenvalue weighted by Crippen LogP contribution is 2.22. The summed E-state index contributed by atoms with van der Waals surface area (Å²) in [4.78, 5) is 11.6. The molecule has 1 aromatic carbocycles. The average Bonchev–Trinajstić information content (AvgIpc) is 2.71. The van der Waals surface area contributed by atoms with Crippen LogP contribution in [0, 0.1) is 0 Å². The molecule has 0 aliphatic heterocycles. The van der Waals surface area contributed by atoms with Crippen molar-refractivity contribution in [1.29, 1.82) is 0 Å². The average molecular weight is 225 g/mol. The lowest BCUT2D eigenvalue weighted by molar-refractivity contribution is 0.0318. The number of ether oxygens (including phenoxy) is 1. The fraction of sp³-hybridized carbons (Fsp3) is 0.417. The molecule has 1 fully saturated rings. The second-order valence-corrected chi connectivity index (χ2v) is 4.26. The molecule has 80 valence electrons. The van der Waals surface area contributed by atoms with Crippen LogP contribution in [0.2, 0.25) is 5.02 Å². The number of hydrogen-bond acceptors (Lipinski definition) is 2. The molecule has 0 heterocycles. The second-order valence-electron chi connectivity index (χ2n) is 3.82. The van der Waals surface area contributed by atoms with Crippen molar-refractivity contribution in [3.63, 3.8) is 0 Å². The zero-order valence-electron chi connectivity index (χ0n) is 8.41. The van der Waals surface area contributed by atoms with Gasteiger partial charge in [0.1, 0.15) is 6.10 Å². The monoisotopic (exact) mass is 224 g/mol. The first-order chi connectivity index (χ1) is 7.25. The van der Waals surface area contributed by atoms with Crippen molar-refractivity contribution in [2.24, 2.45) is 0 Å². The highest BCUT2D eigenvalue weighted by molar-refractivity contribution is 6.30. The summed E-state index contributed by atoms with van der Waals surface area (Å²) in [7, 11) is 0. The van der Waals surface area contributed by atoms with Crippen LogP contribution < -0.4 is 0 Å². The molecule has 0 atom stereocenters. The Morgan fingerprint density at radius 2 is 1.80 bits per heavy atom. The zero-order valence-corrected chi connectivity index (χ0v) is 9.17. The first kappa shape index (κ1) is 10.5. The number of halogens is 1. The summed E-state index contributed by atoms with van der Waals surface area (Å²) < 4.78 is 5.36. The molecule has 0 radical (unpaired) electrons. The Morgan fingerprint density at radius 3 is 2.40 bits per heavy atom. The maximum Gasteiger partial charge on any atom is 0.338 e. The summed E-state index contributed by atoms with van der Waals surface area (Å²) in [5.41, 5.74) is 0.575. The summed E-state index contributed by atoms with van der Waals surface area (Å²) in [6.07, 6.45) is 4.45. The minimum atomic E-state index is -0.237. The zero-order chi connectivity index (χ0) is 10.7. The van der Waals surface area contributed by atoms with Crippen LogP contribution in [-0.2, 0) is 4.74 Å². The molecule has 0 unspecified atom stereocenters. The molecule has 0 amide bonds. The van der Waals surface area contributed by atoms with Gasteiger partial charge in [-0.3, -0.25) is 0 Å². The Bertz CT molecular complexity index is 339. The third-order valence-electron chi connectivity index (χ3n) is 2.66. The molecule has 3 heteroatoms. The number of carbonyl (C=O) groups is 1. The summed E-state index contributed by atoms with van der Waals surface area (Å²) in [5, 5.41) is 0.632. The molecule has 0 spiro atoms. The van der Waals surface area contributed by atoms with Crippen molar-refractivity contribution in [3.8, 4) is 0 Å². The van der Waals surface area contributed by atoms with Gasteiger partial charge in [-0.15, -0.1) is 0 Å². The van der Waals surface area contributed by atoms with Gasteiger partial charge in [-0.25, -0.2) is 4.79 Å². The maximum absolute atomic E-state index is 11.6. The molecule has 0 N–H and O–H groups in total. The lowest BCUT2D eigenvalue weighted by atomic mass is 10.2. The number of carbonyl (C=O) groups excluding carboxylic acids is 1. The highest BCUT2D eigenvalue weighted by atomic mass is 35.5. The van der Waals surface area contributed by atoms with Crippen LogP contribution in [-0.4, -0.2) is 12.1 Å². The third kappa shape index (κ3) is 2.72. The summed E-state index contributed by atoms with van der Waals surface area (Å²) in [6, 6.07) is 6.79. The van der Waals surface area contributed by atoms with Crippen LogP contribution in [0.25, 0.3) is 0 Å². The van der Waals surface area contributed by atoms with Crippen molar-refractivity contribution in [3.05, 3.63) is 34.9 Å². The van der Waals surface area contributed by atoms with Gasteiger partial charge in [-0.2, -0.15) is 0 Å². The van der Waals surface area contributed by atoms with Crippen molar-refractivity contribution in [2.75, 3.05) is 0 Å². The van der Waals surface area contributed by atoms with E-state index < -0.39 is 0 Å². The van der Waals surface area contributed by atoms with Crippen molar-refractivity contribution in [1.82, 2.24) is 0 Å². The van der Waals surface area contributed by atoms with Crippen LogP contribution in [0.5, 0.6) is 0 Å². The molecule has 1 aliphatic rings. The summed E-state index contributed by atoms with van der Waals surface area (Å²) in [5.74, 6) is -0.237. The van der Waals surface area contributed by atoms with Gasteiger partial charge in [-0.05, 0) is 49.9 Å². The molecule has 1 aliphatic carbocycles. The SMILES string of the molecule is O=C(OC1CCCC1)c1ccc(Cl)cc1. The van der Waals surface area contributed by atoms with Crippen LogP contribution in [0.4, 0.5) is 0 Å². The van der Waals surface area contributed by atoms with Crippen LogP contribution in [0.3, 0.4) is 0 Å². The molecule has 0 saturated heterocycles. The minimum Gasteiger partial charge on any atom is -0.459 e. The quantitative estimate of drug-likeness (QED) is 0.720. The number of benzene rings is 1. The molecule has 0 bridgehead atoms. The molecule has 1 aromatic rings. The van der Waals surface area contributed by atoms with Gasteiger partial charge in [0, 0.05) is 5.02 Å². The third-order valence-corrected chi connectivity index (χ3v) is 2.91. The Balaban J connectivity index is 1.98. The van der Waals surface area contributed by atoms with Gasteiger partial charge < -0.3 is 4.74 Å². The lowest BCUT2D eigenvalue weighted by Gasteiger charge is -2.10. The normalized spacial score (nSPS) is 16.6. The lowest BCUT2D eigenvalue weighted by Crippen LogP contribution is -2.14. The Kier molecular flexibility index (Phi) is 3.27. The first-order valence-electron chi connectivity index (χ1n) is 5.22. The van der Waals surface area contributed by atoms with Gasteiger partial charge in [0.25, 0.3) is 0 Å². The topological polar surface area (TPSA) is 26.3 Å². The van der Waals surface area contributed by atoms with Gasteiger partial charge in [-0.1, -0.05) is 11.6 Å². The molecule has 2 nitrogen and oxygen atoms in total. The smallest absolute Gasteiger partial charge is 0.338 e. The predicted molar refractivity (Wildman–Crippen MR) is 59.1 cm³/mol. The van der Waals surface area contributed by atoms with E-state index in [-0.39, 0.29) is 12.1 Å². The van der Waals surface area contributed by atoms with Crippen molar-refractivity contribution < 1.29 is 9.53 Å². The van der Waals surface area contributed by atoms with E-state index in [4.69, 9.17) is 16.3 Å². The standard InChI is InChI=1S/C12H13ClO2/c13-10-7-5-9(6-8-10)12(14)15-11-3-1-2-4-11/h5-8,11H,1-4H2. The fourth-order valence-electron chi connectivity index (χ4n) is 1.81. The van der Waals surface area contributed by atoms with Crippen molar-refractivity contribution >= 4 is 17.6 Å². The Morgan fingerprint density at radius 1 is 1.20 bits per heavy atom. The number of rotatable bonds is 2. The van der Waals surface area contributed by atoms with Crippen molar-refractivity contribution in [2.45, 2.75) is 31.8 Å². The molecule has 0 aromatic heterocycles. The second kappa shape index (κ2) is 4.67.